The fraction of sp³-hybridized carbons (Fsp3) is 0.364. The van der Waals surface area contributed by atoms with Crippen LogP contribution in [0.2, 0.25) is 0 Å². The molecule has 0 unspecified atom stereocenters. The molecule has 0 spiro atoms. The second-order valence-electron chi connectivity index (χ2n) is 3.89. The number of hydrogen-bond acceptors (Lipinski definition) is 4. The van der Waals surface area contributed by atoms with Crippen LogP contribution in [0.4, 0.5) is 19.1 Å². The largest absolute Gasteiger partial charge is 0.419 e. The summed E-state index contributed by atoms with van der Waals surface area (Å²) in [6.45, 7) is 4.23. The molecule has 0 aliphatic heterocycles. The molecule has 0 aliphatic rings. The van der Waals surface area contributed by atoms with E-state index in [1.807, 2.05) is 6.92 Å². The third-order valence-corrected chi connectivity index (χ3v) is 2.32. The lowest BCUT2D eigenvalue weighted by atomic mass is 10.3. The highest BCUT2D eigenvalue weighted by Crippen LogP contribution is 2.29. The van der Waals surface area contributed by atoms with Gasteiger partial charge in [0, 0.05) is 24.5 Å². The van der Waals surface area contributed by atoms with Crippen molar-refractivity contribution in [3.63, 3.8) is 0 Å². The lowest BCUT2D eigenvalue weighted by Gasteiger charge is -2.06. The molecule has 0 bridgehead atoms. The maximum atomic E-state index is 12.5. The summed E-state index contributed by atoms with van der Waals surface area (Å²) in [6.07, 6.45) is -2.74. The zero-order valence-corrected chi connectivity index (χ0v) is 10.4. The van der Waals surface area contributed by atoms with E-state index in [2.05, 4.69) is 20.4 Å². The highest BCUT2D eigenvalue weighted by molar-refractivity contribution is 5.34. The molecule has 0 amide bonds. The molecule has 2 rings (SSSR count). The van der Waals surface area contributed by atoms with Crippen molar-refractivity contribution >= 4 is 5.95 Å². The van der Waals surface area contributed by atoms with E-state index in [-0.39, 0.29) is 0 Å². The number of rotatable bonds is 3. The number of nitrogens with zero attached hydrogens (tertiary/aromatic N) is 4. The molecule has 0 radical (unpaired) electrons. The highest BCUT2D eigenvalue weighted by Gasteiger charge is 2.32. The summed E-state index contributed by atoms with van der Waals surface area (Å²) in [6, 6.07) is 1.56. The van der Waals surface area contributed by atoms with Gasteiger partial charge in [0.25, 0.3) is 0 Å². The van der Waals surface area contributed by atoms with Gasteiger partial charge < -0.3 is 5.32 Å². The van der Waals surface area contributed by atoms with Gasteiger partial charge in [0.1, 0.15) is 0 Å². The van der Waals surface area contributed by atoms with Crippen molar-refractivity contribution in [2.75, 3.05) is 11.9 Å². The van der Waals surface area contributed by atoms with Crippen molar-refractivity contribution in [3.8, 4) is 5.82 Å². The molecule has 2 aromatic heterocycles. The van der Waals surface area contributed by atoms with Crippen LogP contribution < -0.4 is 5.32 Å². The molecule has 0 atom stereocenters. The first-order valence-electron chi connectivity index (χ1n) is 5.62. The minimum Gasteiger partial charge on any atom is -0.354 e. The van der Waals surface area contributed by atoms with Crippen LogP contribution in [-0.2, 0) is 6.18 Å². The van der Waals surface area contributed by atoms with Gasteiger partial charge in [-0.05, 0) is 13.8 Å². The Labute approximate surface area is 107 Å². The molecule has 102 valence electrons. The SMILES string of the molecule is CCNc1nc(C)cc(-n2cc(C(F)(F)F)cn2)n1. The number of aromatic nitrogens is 4. The Morgan fingerprint density at radius 1 is 1.32 bits per heavy atom. The Hall–Kier alpha value is -2.12. The van der Waals surface area contributed by atoms with Crippen LogP contribution in [0.1, 0.15) is 18.2 Å². The Balaban J connectivity index is 2.38. The van der Waals surface area contributed by atoms with E-state index in [1.165, 1.54) is 0 Å². The first-order valence-corrected chi connectivity index (χ1v) is 5.62. The predicted octanol–water partition coefficient (Wildman–Crippen LogP) is 2.42. The minimum atomic E-state index is -4.41. The second kappa shape index (κ2) is 4.87. The summed E-state index contributed by atoms with van der Waals surface area (Å²) in [5.41, 5.74) is -0.168. The van der Waals surface area contributed by atoms with Crippen molar-refractivity contribution in [3.05, 3.63) is 29.7 Å². The highest BCUT2D eigenvalue weighted by atomic mass is 19.4. The van der Waals surface area contributed by atoms with Crippen LogP contribution in [0.15, 0.2) is 18.5 Å². The maximum absolute atomic E-state index is 12.5. The van der Waals surface area contributed by atoms with Crippen molar-refractivity contribution < 1.29 is 13.2 Å². The van der Waals surface area contributed by atoms with Crippen molar-refractivity contribution in [1.29, 1.82) is 0 Å². The summed E-state index contributed by atoms with van der Waals surface area (Å²) in [4.78, 5) is 8.22. The topological polar surface area (TPSA) is 55.6 Å². The standard InChI is InChI=1S/C11H12F3N5/c1-3-15-10-17-7(2)4-9(18-10)19-6-8(5-16-19)11(12,13)14/h4-6H,3H2,1-2H3,(H,15,17,18). The molecular weight excluding hydrogens is 259 g/mol. The van der Waals surface area contributed by atoms with Gasteiger partial charge in [0.05, 0.1) is 11.8 Å². The Bertz CT molecular complexity index is 576. The smallest absolute Gasteiger partial charge is 0.354 e. The molecule has 0 aliphatic carbocycles. The lowest BCUT2D eigenvalue weighted by molar-refractivity contribution is -0.137. The van der Waals surface area contributed by atoms with E-state index in [0.717, 1.165) is 17.1 Å². The Morgan fingerprint density at radius 2 is 2.05 bits per heavy atom. The van der Waals surface area contributed by atoms with Gasteiger partial charge in [-0.1, -0.05) is 0 Å². The first kappa shape index (κ1) is 13.3. The average molecular weight is 271 g/mol. The third-order valence-electron chi connectivity index (χ3n) is 2.32. The van der Waals surface area contributed by atoms with Gasteiger partial charge in [-0.2, -0.15) is 23.3 Å². The maximum Gasteiger partial charge on any atom is 0.419 e. The van der Waals surface area contributed by atoms with Crippen LogP contribution in [0.3, 0.4) is 0 Å². The molecule has 0 aromatic carbocycles. The van der Waals surface area contributed by atoms with E-state index in [1.54, 1.807) is 13.0 Å². The van der Waals surface area contributed by atoms with E-state index in [4.69, 9.17) is 0 Å². The number of aryl methyl sites for hydroxylation is 1. The van der Waals surface area contributed by atoms with E-state index in [0.29, 0.717) is 24.0 Å². The van der Waals surface area contributed by atoms with Gasteiger partial charge in [0.15, 0.2) is 5.82 Å². The monoisotopic (exact) mass is 271 g/mol. The van der Waals surface area contributed by atoms with Gasteiger partial charge in [-0.25, -0.2) is 9.67 Å². The third kappa shape index (κ3) is 3.01. The molecule has 5 nitrogen and oxygen atoms in total. The summed E-state index contributed by atoms with van der Waals surface area (Å²) in [5, 5.41) is 6.58. The van der Waals surface area contributed by atoms with E-state index >= 15 is 0 Å². The number of nitrogens with one attached hydrogen (secondary N) is 1. The van der Waals surface area contributed by atoms with Crippen LogP contribution in [0, 0.1) is 6.92 Å². The van der Waals surface area contributed by atoms with E-state index < -0.39 is 11.7 Å². The predicted molar refractivity (Wildman–Crippen MR) is 63.1 cm³/mol. The lowest BCUT2D eigenvalue weighted by Crippen LogP contribution is -2.07. The van der Waals surface area contributed by atoms with Gasteiger partial charge >= 0.3 is 6.18 Å². The molecule has 8 heteroatoms. The quantitative estimate of drug-likeness (QED) is 0.931. The second-order valence-corrected chi connectivity index (χ2v) is 3.89. The fourth-order valence-electron chi connectivity index (χ4n) is 1.50. The molecule has 19 heavy (non-hydrogen) atoms. The molecule has 1 N–H and O–H groups in total. The molecular formula is C11H12F3N5. The minimum absolute atomic E-state index is 0.291. The Kier molecular flexibility index (Phi) is 3.41. The molecule has 2 heterocycles. The zero-order valence-electron chi connectivity index (χ0n) is 10.4. The summed E-state index contributed by atoms with van der Waals surface area (Å²) in [7, 11) is 0. The summed E-state index contributed by atoms with van der Waals surface area (Å²) < 4.78 is 38.6. The molecule has 0 fully saturated rings. The van der Waals surface area contributed by atoms with Gasteiger partial charge in [-0.15, -0.1) is 0 Å². The van der Waals surface area contributed by atoms with Crippen LogP contribution >= 0.6 is 0 Å². The molecule has 0 saturated heterocycles. The number of anilines is 1. The number of halogens is 3. The Morgan fingerprint density at radius 3 is 2.63 bits per heavy atom. The molecule has 2 aromatic rings. The zero-order chi connectivity index (χ0) is 14.0. The van der Waals surface area contributed by atoms with Crippen molar-refractivity contribution in [2.24, 2.45) is 0 Å². The number of alkyl halides is 3. The van der Waals surface area contributed by atoms with Crippen LogP contribution in [-0.4, -0.2) is 26.3 Å². The first-order chi connectivity index (χ1) is 8.90. The van der Waals surface area contributed by atoms with Crippen molar-refractivity contribution in [2.45, 2.75) is 20.0 Å². The average Bonchev–Trinajstić information content (AvgIpc) is 2.77. The summed E-state index contributed by atoms with van der Waals surface area (Å²) in [5.74, 6) is 0.653. The van der Waals surface area contributed by atoms with E-state index in [9.17, 15) is 13.2 Å². The van der Waals surface area contributed by atoms with Gasteiger partial charge in [0.2, 0.25) is 5.95 Å². The fourth-order valence-corrected chi connectivity index (χ4v) is 1.50. The molecule has 0 saturated carbocycles. The summed E-state index contributed by atoms with van der Waals surface area (Å²) >= 11 is 0. The van der Waals surface area contributed by atoms with Crippen LogP contribution in [0.25, 0.3) is 5.82 Å². The van der Waals surface area contributed by atoms with Crippen molar-refractivity contribution in [1.82, 2.24) is 19.7 Å². The normalized spacial score (nSPS) is 11.6. The number of hydrogen-bond donors (Lipinski definition) is 1. The van der Waals surface area contributed by atoms with Gasteiger partial charge in [-0.3, -0.25) is 0 Å². The van der Waals surface area contributed by atoms with Crippen LogP contribution in [0.5, 0.6) is 0 Å².